The average molecular weight is 279 g/mol. The summed E-state index contributed by atoms with van der Waals surface area (Å²) >= 11 is 0. The lowest BCUT2D eigenvalue weighted by molar-refractivity contribution is 0.275. The van der Waals surface area contributed by atoms with E-state index in [4.69, 9.17) is 4.74 Å². The van der Waals surface area contributed by atoms with Gasteiger partial charge in [0.2, 0.25) is 11.9 Å². The quantitative estimate of drug-likeness (QED) is 0.863. The third-order valence-corrected chi connectivity index (χ3v) is 3.88. The van der Waals surface area contributed by atoms with E-state index in [1.165, 1.54) is 12.8 Å². The summed E-state index contributed by atoms with van der Waals surface area (Å²) in [6.45, 7) is 7.39. The zero-order valence-electron chi connectivity index (χ0n) is 12.8. The number of anilines is 2. The van der Waals surface area contributed by atoms with Crippen molar-refractivity contribution in [2.75, 3.05) is 24.3 Å². The fourth-order valence-corrected chi connectivity index (χ4v) is 2.80. The van der Waals surface area contributed by atoms with Gasteiger partial charge in [-0.1, -0.05) is 13.8 Å². The standard InChI is InChI=1S/C14H25N5O/c1-5-15-12-17-13(19-14(18-12)20-4)16-11-7-6-9(2)8-10(11)3/h9-11H,5-8H2,1-4H3,(H2,15,16,17,18,19). The molecule has 2 rings (SSSR count). The third kappa shape index (κ3) is 3.71. The highest BCUT2D eigenvalue weighted by Gasteiger charge is 2.26. The lowest BCUT2D eigenvalue weighted by Gasteiger charge is -2.33. The number of nitrogens with zero attached hydrogens (tertiary/aromatic N) is 3. The van der Waals surface area contributed by atoms with Gasteiger partial charge in [0.1, 0.15) is 0 Å². The number of hydrogen-bond acceptors (Lipinski definition) is 6. The van der Waals surface area contributed by atoms with Gasteiger partial charge in [0.05, 0.1) is 7.11 Å². The van der Waals surface area contributed by atoms with Crippen LogP contribution in [0.25, 0.3) is 0 Å². The fraction of sp³-hybridized carbons (Fsp3) is 0.786. The summed E-state index contributed by atoms with van der Waals surface area (Å²) in [4.78, 5) is 12.9. The van der Waals surface area contributed by atoms with Crippen LogP contribution < -0.4 is 15.4 Å². The molecule has 112 valence electrons. The molecule has 3 atom stereocenters. The van der Waals surface area contributed by atoms with Gasteiger partial charge >= 0.3 is 6.01 Å². The van der Waals surface area contributed by atoms with E-state index in [-0.39, 0.29) is 0 Å². The maximum atomic E-state index is 5.13. The topological polar surface area (TPSA) is 72.0 Å². The van der Waals surface area contributed by atoms with Gasteiger partial charge in [-0.05, 0) is 38.0 Å². The van der Waals surface area contributed by atoms with Crippen molar-refractivity contribution in [1.29, 1.82) is 0 Å². The maximum Gasteiger partial charge on any atom is 0.322 e. The minimum absolute atomic E-state index is 0.343. The van der Waals surface area contributed by atoms with E-state index in [1.807, 2.05) is 6.92 Å². The van der Waals surface area contributed by atoms with Crippen LogP contribution >= 0.6 is 0 Å². The zero-order chi connectivity index (χ0) is 14.5. The molecule has 6 heteroatoms. The molecule has 0 aliphatic heterocycles. The van der Waals surface area contributed by atoms with Crippen molar-refractivity contribution in [3.05, 3.63) is 0 Å². The van der Waals surface area contributed by atoms with Crippen molar-refractivity contribution in [3.63, 3.8) is 0 Å². The van der Waals surface area contributed by atoms with E-state index in [1.54, 1.807) is 7.11 Å². The molecule has 1 aliphatic carbocycles. The Bertz CT molecular complexity index is 440. The molecule has 3 unspecified atom stereocenters. The van der Waals surface area contributed by atoms with Gasteiger partial charge in [0.25, 0.3) is 0 Å². The highest BCUT2D eigenvalue weighted by molar-refractivity contribution is 5.36. The molecule has 1 aromatic heterocycles. The molecule has 1 aromatic rings. The first-order chi connectivity index (χ1) is 9.62. The van der Waals surface area contributed by atoms with Crippen LogP contribution in [0, 0.1) is 11.8 Å². The van der Waals surface area contributed by atoms with Gasteiger partial charge in [-0.3, -0.25) is 0 Å². The normalized spacial score (nSPS) is 26.1. The summed E-state index contributed by atoms with van der Waals surface area (Å²) in [6, 6.07) is 0.767. The Morgan fingerprint density at radius 1 is 1.15 bits per heavy atom. The number of ether oxygens (including phenoxy) is 1. The van der Waals surface area contributed by atoms with E-state index >= 15 is 0 Å². The molecule has 0 spiro atoms. The van der Waals surface area contributed by atoms with Crippen LogP contribution in [0.15, 0.2) is 0 Å². The third-order valence-electron chi connectivity index (χ3n) is 3.88. The predicted octanol–water partition coefficient (Wildman–Crippen LogP) is 2.55. The number of hydrogen-bond donors (Lipinski definition) is 2. The first kappa shape index (κ1) is 14.8. The van der Waals surface area contributed by atoms with Crippen LogP contribution in [0.2, 0.25) is 0 Å². The first-order valence-electron chi connectivity index (χ1n) is 7.42. The molecule has 20 heavy (non-hydrogen) atoms. The van der Waals surface area contributed by atoms with E-state index in [2.05, 4.69) is 39.4 Å². The highest BCUT2D eigenvalue weighted by Crippen LogP contribution is 2.30. The lowest BCUT2D eigenvalue weighted by Crippen LogP contribution is -2.33. The summed E-state index contributed by atoms with van der Waals surface area (Å²) in [5.74, 6) is 2.59. The molecule has 0 bridgehead atoms. The molecule has 0 aromatic carbocycles. The zero-order valence-corrected chi connectivity index (χ0v) is 12.8. The SMILES string of the molecule is CCNc1nc(NC2CCC(C)CC2C)nc(OC)n1. The maximum absolute atomic E-state index is 5.13. The molecule has 6 nitrogen and oxygen atoms in total. The minimum Gasteiger partial charge on any atom is -0.467 e. The van der Waals surface area contributed by atoms with Gasteiger partial charge in [-0.25, -0.2) is 0 Å². The number of aromatic nitrogens is 3. The molecule has 1 saturated carbocycles. The van der Waals surface area contributed by atoms with Crippen LogP contribution in [0.5, 0.6) is 6.01 Å². The van der Waals surface area contributed by atoms with Crippen LogP contribution in [-0.4, -0.2) is 34.6 Å². The monoisotopic (exact) mass is 279 g/mol. The summed E-state index contributed by atoms with van der Waals surface area (Å²) in [6.07, 6.45) is 3.66. The largest absolute Gasteiger partial charge is 0.467 e. The molecule has 0 radical (unpaired) electrons. The Labute approximate surface area is 120 Å². The summed E-state index contributed by atoms with van der Waals surface area (Å²) in [7, 11) is 1.57. The summed E-state index contributed by atoms with van der Waals surface area (Å²) < 4.78 is 5.13. The Kier molecular flexibility index (Phi) is 4.98. The molecule has 1 heterocycles. The molecular formula is C14H25N5O. The minimum atomic E-state index is 0.343. The summed E-state index contributed by atoms with van der Waals surface area (Å²) in [5, 5.41) is 6.54. The Balaban J connectivity index is 2.09. The molecule has 1 aliphatic rings. The molecule has 1 fully saturated rings. The average Bonchev–Trinajstić information content (AvgIpc) is 2.42. The van der Waals surface area contributed by atoms with E-state index < -0.39 is 0 Å². The van der Waals surface area contributed by atoms with Gasteiger partial charge < -0.3 is 15.4 Å². The van der Waals surface area contributed by atoms with Crippen LogP contribution in [0.3, 0.4) is 0 Å². The smallest absolute Gasteiger partial charge is 0.322 e. The molecule has 2 N–H and O–H groups in total. The second kappa shape index (κ2) is 6.72. The van der Waals surface area contributed by atoms with Crippen LogP contribution in [0.4, 0.5) is 11.9 Å². The van der Waals surface area contributed by atoms with Crippen LogP contribution in [0.1, 0.15) is 40.0 Å². The molecule has 0 amide bonds. The Morgan fingerprint density at radius 3 is 2.55 bits per heavy atom. The van der Waals surface area contributed by atoms with E-state index in [0.29, 0.717) is 29.9 Å². The van der Waals surface area contributed by atoms with Gasteiger partial charge in [0, 0.05) is 12.6 Å². The second-order valence-electron chi connectivity index (χ2n) is 5.65. The first-order valence-corrected chi connectivity index (χ1v) is 7.42. The predicted molar refractivity (Wildman–Crippen MR) is 80.1 cm³/mol. The van der Waals surface area contributed by atoms with Crippen molar-refractivity contribution in [1.82, 2.24) is 15.0 Å². The summed E-state index contributed by atoms with van der Waals surface area (Å²) in [5.41, 5.74) is 0. The molecule has 0 saturated heterocycles. The number of nitrogens with one attached hydrogen (secondary N) is 2. The van der Waals surface area contributed by atoms with Crippen molar-refractivity contribution >= 4 is 11.9 Å². The Morgan fingerprint density at radius 2 is 1.90 bits per heavy atom. The van der Waals surface area contributed by atoms with Crippen molar-refractivity contribution in [3.8, 4) is 6.01 Å². The highest BCUT2D eigenvalue weighted by atomic mass is 16.5. The fourth-order valence-electron chi connectivity index (χ4n) is 2.80. The number of rotatable bonds is 5. The molecular weight excluding hydrogens is 254 g/mol. The van der Waals surface area contributed by atoms with Gasteiger partial charge in [0.15, 0.2) is 0 Å². The van der Waals surface area contributed by atoms with Gasteiger partial charge in [-0.15, -0.1) is 0 Å². The van der Waals surface area contributed by atoms with Crippen molar-refractivity contribution in [2.24, 2.45) is 11.8 Å². The van der Waals surface area contributed by atoms with Crippen LogP contribution in [-0.2, 0) is 0 Å². The van der Waals surface area contributed by atoms with Gasteiger partial charge in [-0.2, -0.15) is 15.0 Å². The lowest BCUT2D eigenvalue weighted by atomic mass is 9.80. The van der Waals surface area contributed by atoms with E-state index in [9.17, 15) is 0 Å². The Hall–Kier alpha value is -1.59. The van der Waals surface area contributed by atoms with Crippen molar-refractivity contribution < 1.29 is 4.74 Å². The second-order valence-corrected chi connectivity index (χ2v) is 5.65. The van der Waals surface area contributed by atoms with Crippen molar-refractivity contribution in [2.45, 2.75) is 46.1 Å². The number of methoxy groups -OCH3 is 1. The van der Waals surface area contributed by atoms with E-state index in [0.717, 1.165) is 18.9 Å².